The number of phenols is 1. The van der Waals surface area contributed by atoms with E-state index >= 15 is 0 Å². The summed E-state index contributed by atoms with van der Waals surface area (Å²) in [7, 11) is 1.57. The number of benzene rings is 3. The number of ether oxygens (including phenoxy) is 2. The van der Waals surface area contributed by atoms with Crippen molar-refractivity contribution in [3.8, 4) is 17.2 Å². The van der Waals surface area contributed by atoms with Crippen molar-refractivity contribution >= 4 is 44.1 Å². The summed E-state index contributed by atoms with van der Waals surface area (Å²) in [5.41, 5.74) is 2.28. The minimum absolute atomic E-state index is 0.0262. The SMILES string of the molecule is COc1ccc2nc(N3C(=O)C(=O)/C(=C(/O)c4ccc(OC(C)C)c(C)c4)C3c3ccc(O)cc3)sc2c1. The van der Waals surface area contributed by atoms with E-state index in [0.717, 1.165) is 10.3 Å². The topological polar surface area (TPSA) is 109 Å². The highest BCUT2D eigenvalue weighted by Crippen LogP contribution is 2.45. The number of methoxy groups -OCH3 is 1. The molecule has 1 aliphatic heterocycles. The van der Waals surface area contributed by atoms with Crippen LogP contribution in [-0.2, 0) is 9.59 Å². The molecule has 0 aliphatic carbocycles. The number of aliphatic hydroxyl groups excluding tert-OH is 1. The molecule has 1 unspecified atom stereocenters. The van der Waals surface area contributed by atoms with Crippen LogP contribution < -0.4 is 14.4 Å². The molecule has 1 aliphatic rings. The quantitative estimate of drug-likeness (QED) is 0.186. The van der Waals surface area contributed by atoms with E-state index in [2.05, 4.69) is 4.98 Å². The molecular weight excluding hydrogens is 504 g/mol. The van der Waals surface area contributed by atoms with Crippen molar-refractivity contribution in [3.63, 3.8) is 0 Å². The Balaban J connectivity index is 1.67. The zero-order valence-electron chi connectivity index (χ0n) is 21.3. The normalized spacial score (nSPS) is 17.0. The number of amides is 1. The predicted molar refractivity (Wildman–Crippen MR) is 146 cm³/mol. The third kappa shape index (κ3) is 4.45. The number of aliphatic hydroxyl groups is 1. The summed E-state index contributed by atoms with van der Waals surface area (Å²) in [5, 5.41) is 21.6. The van der Waals surface area contributed by atoms with E-state index in [9.17, 15) is 19.8 Å². The highest BCUT2D eigenvalue weighted by Gasteiger charge is 2.48. The largest absolute Gasteiger partial charge is 0.508 e. The van der Waals surface area contributed by atoms with Gasteiger partial charge < -0.3 is 19.7 Å². The number of anilines is 1. The molecule has 0 spiro atoms. The van der Waals surface area contributed by atoms with Gasteiger partial charge in [0.1, 0.15) is 23.0 Å². The van der Waals surface area contributed by atoms with Crippen molar-refractivity contribution in [3.05, 3.63) is 82.9 Å². The van der Waals surface area contributed by atoms with Gasteiger partial charge in [-0.1, -0.05) is 23.5 Å². The standard InChI is InChI=1S/C29H26N2O6S/c1-15(2)37-22-12-7-18(13-16(22)3)26(33)24-25(17-5-8-19(32)9-6-17)31(28(35)27(24)34)29-30-21-11-10-20(36-4)14-23(21)38-29/h5-15,25,32-33H,1-4H3/b26-24+. The number of aryl methyl sites for hydroxylation is 1. The average Bonchev–Trinajstić information content (AvgIpc) is 3.42. The lowest BCUT2D eigenvalue weighted by Gasteiger charge is -2.23. The average molecular weight is 531 g/mol. The molecule has 0 radical (unpaired) electrons. The van der Waals surface area contributed by atoms with Gasteiger partial charge in [0.15, 0.2) is 5.13 Å². The summed E-state index contributed by atoms with van der Waals surface area (Å²) < 4.78 is 11.9. The van der Waals surface area contributed by atoms with Crippen LogP contribution in [0.4, 0.5) is 5.13 Å². The van der Waals surface area contributed by atoms with Crippen LogP contribution in [0, 0.1) is 6.92 Å². The fraction of sp³-hybridized carbons (Fsp3) is 0.207. The number of hydrogen-bond acceptors (Lipinski definition) is 8. The summed E-state index contributed by atoms with van der Waals surface area (Å²) in [5.74, 6) is -0.577. The molecular formula is C29H26N2O6S. The second-order valence-corrected chi connectivity index (χ2v) is 10.2. The number of rotatable bonds is 6. The van der Waals surface area contributed by atoms with Gasteiger partial charge in [-0.2, -0.15) is 0 Å². The molecule has 8 nitrogen and oxygen atoms in total. The molecule has 5 rings (SSSR count). The molecule has 1 fully saturated rings. The van der Waals surface area contributed by atoms with Crippen molar-refractivity contribution in [2.75, 3.05) is 12.0 Å². The number of thiazole rings is 1. The minimum Gasteiger partial charge on any atom is -0.508 e. The first kappa shape index (κ1) is 25.3. The zero-order valence-corrected chi connectivity index (χ0v) is 22.1. The van der Waals surface area contributed by atoms with E-state index in [1.165, 1.54) is 28.4 Å². The number of Topliss-reactive ketones (excluding diaryl/α,β-unsaturated/α-hetero) is 1. The number of nitrogens with zero attached hydrogens (tertiary/aromatic N) is 2. The summed E-state index contributed by atoms with van der Waals surface area (Å²) in [6, 6.07) is 15.7. The van der Waals surface area contributed by atoms with Crippen LogP contribution in [0.3, 0.4) is 0 Å². The monoisotopic (exact) mass is 530 g/mol. The number of ketones is 1. The summed E-state index contributed by atoms with van der Waals surface area (Å²) in [6.07, 6.45) is -0.0262. The van der Waals surface area contributed by atoms with Gasteiger partial charge in [-0.25, -0.2) is 4.98 Å². The van der Waals surface area contributed by atoms with Gasteiger partial charge >= 0.3 is 5.91 Å². The van der Waals surface area contributed by atoms with E-state index in [1.807, 2.05) is 26.8 Å². The first-order valence-electron chi connectivity index (χ1n) is 12.0. The van der Waals surface area contributed by atoms with Crippen molar-refractivity contribution < 1.29 is 29.3 Å². The Hall–Kier alpha value is -4.37. The smallest absolute Gasteiger partial charge is 0.301 e. The molecule has 2 heterocycles. The Bertz CT molecular complexity index is 1590. The lowest BCUT2D eigenvalue weighted by atomic mass is 9.95. The molecule has 1 saturated heterocycles. The molecule has 3 aromatic carbocycles. The number of phenolic OH excluding ortho intramolecular Hbond substituents is 1. The van der Waals surface area contributed by atoms with Gasteiger partial charge in [-0.3, -0.25) is 14.5 Å². The lowest BCUT2D eigenvalue weighted by molar-refractivity contribution is -0.132. The second-order valence-electron chi connectivity index (χ2n) is 9.24. The molecule has 0 bridgehead atoms. The summed E-state index contributed by atoms with van der Waals surface area (Å²) >= 11 is 1.24. The first-order chi connectivity index (χ1) is 18.2. The Labute approximate surface area is 223 Å². The van der Waals surface area contributed by atoms with Gasteiger partial charge in [-0.05, 0) is 80.4 Å². The van der Waals surface area contributed by atoms with Crippen molar-refractivity contribution in [2.45, 2.75) is 32.9 Å². The fourth-order valence-electron chi connectivity index (χ4n) is 4.46. The van der Waals surface area contributed by atoms with E-state index in [1.54, 1.807) is 49.6 Å². The number of hydrogen-bond donors (Lipinski definition) is 2. The second kappa shape index (κ2) is 9.83. The van der Waals surface area contributed by atoms with E-state index < -0.39 is 17.7 Å². The molecule has 4 aromatic rings. The van der Waals surface area contributed by atoms with Crippen molar-refractivity contribution in [1.29, 1.82) is 0 Å². The van der Waals surface area contributed by atoms with E-state index in [4.69, 9.17) is 9.47 Å². The Kier molecular flexibility index (Phi) is 6.54. The van der Waals surface area contributed by atoms with Crippen molar-refractivity contribution in [2.24, 2.45) is 0 Å². The minimum atomic E-state index is -0.954. The molecule has 1 amide bonds. The predicted octanol–water partition coefficient (Wildman–Crippen LogP) is 5.73. The van der Waals surface area contributed by atoms with Gasteiger partial charge in [0.25, 0.3) is 5.78 Å². The van der Waals surface area contributed by atoms with Gasteiger partial charge in [0, 0.05) is 5.56 Å². The van der Waals surface area contributed by atoms with Crippen LogP contribution >= 0.6 is 11.3 Å². The number of aromatic nitrogens is 1. The summed E-state index contributed by atoms with van der Waals surface area (Å²) in [4.78, 5) is 32.8. The van der Waals surface area contributed by atoms with Crippen LogP contribution in [0.1, 0.15) is 36.6 Å². The molecule has 194 valence electrons. The lowest BCUT2D eigenvalue weighted by Crippen LogP contribution is -2.29. The summed E-state index contributed by atoms with van der Waals surface area (Å²) in [6.45, 7) is 5.69. The van der Waals surface area contributed by atoms with E-state index in [0.29, 0.717) is 33.3 Å². The Morgan fingerprint density at radius 2 is 1.79 bits per heavy atom. The Morgan fingerprint density at radius 3 is 2.45 bits per heavy atom. The first-order valence-corrected chi connectivity index (χ1v) is 12.8. The maximum atomic E-state index is 13.4. The number of fused-ring (bicyclic) bond motifs is 1. The molecule has 2 N–H and O–H groups in total. The molecule has 1 atom stereocenters. The van der Waals surface area contributed by atoms with Crippen LogP contribution in [0.25, 0.3) is 16.0 Å². The van der Waals surface area contributed by atoms with Gasteiger partial charge in [-0.15, -0.1) is 0 Å². The van der Waals surface area contributed by atoms with Crippen LogP contribution in [0.15, 0.2) is 66.2 Å². The number of aromatic hydroxyl groups is 1. The fourth-order valence-corrected chi connectivity index (χ4v) is 5.48. The molecule has 9 heteroatoms. The highest BCUT2D eigenvalue weighted by molar-refractivity contribution is 7.22. The van der Waals surface area contributed by atoms with Crippen LogP contribution in [-0.4, -0.2) is 40.1 Å². The van der Waals surface area contributed by atoms with Crippen LogP contribution in [0.2, 0.25) is 0 Å². The van der Waals surface area contributed by atoms with E-state index in [-0.39, 0.29) is 23.2 Å². The van der Waals surface area contributed by atoms with Crippen LogP contribution in [0.5, 0.6) is 17.2 Å². The zero-order chi connectivity index (χ0) is 27.1. The highest BCUT2D eigenvalue weighted by atomic mass is 32.1. The third-order valence-corrected chi connectivity index (χ3v) is 7.27. The molecule has 1 aromatic heterocycles. The third-order valence-electron chi connectivity index (χ3n) is 6.25. The molecule has 0 saturated carbocycles. The Morgan fingerprint density at radius 1 is 1.05 bits per heavy atom. The molecule has 38 heavy (non-hydrogen) atoms. The maximum Gasteiger partial charge on any atom is 0.301 e. The van der Waals surface area contributed by atoms with Gasteiger partial charge in [0.2, 0.25) is 0 Å². The van der Waals surface area contributed by atoms with Gasteiger partial charge in [0.05, 0.1) is 35.0 Å². The van der Waals surface area contributed by atoms with Crippen molar-refractivity contribution in [1.82, 2.24) is 4.98 Å². The number of carbonyl (C=O) groups is 2. The number of carbonyl (C=O) groups excluding carboxylic acids is 2. The maximum absolute atomic E-state index is 13.4.